The molecule has 0 unspecified atom stereocenters. The van der Waals surface area contributed by atoms with Gasteiger partial charge in [-0.05, 0) is 217 Å². The fraction of sp³-hybridized carbons (Fsp3) is 1.00. The second kappa shape index (κ2) is 21.9. The number of rotatable bonds is 12. The van der Waals surface area contributed by atoms with Crippen LogP contribution in [-0.2, 0) is 0 Å². The highest BCUT2D eigenvalue weighted by molar-refractivity contribution is 4.86. The second-order valence-corrected chi connectivity index (χ2v) is 20.2. The van der Waals surface area contributed by atoms with E-state index in [9.17, 15) is 0 Å². The summed E-state index contributed by atoms with van der Waals surface area (Å²) in [5.74, 6) is 7.59. The molecule has 6 fully saturated rings. The Morgan fingerprint density at radius 2 is 0.635 bits per heavy atom. The summed E-state index contributed by atoms with van der Waals surface area (Å²) in [5.41, 5.74) is 0. The van der Waals surface area contributed by atoms with Crippen LogP contribution in [0.25, 0.3) is 0 Å². The van der Waals surface area contributed by atoms with Gasteiger partial charge in [0.2, 0.25) is 0 Å². The molecule has 0 aromatic carbocycles. The van der Waals surface area contributed by atoms with Crippen LogP contribution in [-0.4, -0.2) is 146 Å². The number of hydrogen-bond acceptors (Lipinski definition) is 6. The summed E-state index contributed by atoms with van der Waals surface area (Å²) in [5, 5.41) is 0. The molecule has 0 aromatic rings. The van der Waals surface area contributed by atoms with Gasteiger partial charge in [0.05, 0.1) is 0 Å². The maximum Gasteiger partial charge on any atom is 0.0120 e. The van der Waals surface area contributed by atoms with Gasteiger partial charge >= 0.3 is 0 Å². The van der Waals surface area contributed by atoms with Gasteiger partial charge in [0.25, 0.3) is 0 Å². The molecule has 6 nitrogen and oxygen atoms in total. The number of nitrogens with zero attached hydrogens (tertiary/aromatic N) is 6. The maximum atomic E-state index is 2.83. The molecule has 0 saturated carbocycles. The van der Waals surface area contributed by atoms with Crippen LogP contribution < -0.4 is 0 Å². The Labute approximate surface area is 325 Å². The van der Waals surface area contributed by atoms with Gasteiger partial charge in [-0.1, -0.05) is 41.5 Å². The predicted octanol–water partition coefficient (Wildman–Crippen LogP) is 8.37. The van der Waals surface area contributed by atoms with E-state index in [1.807, 2.05) is 0 Å². The third-order valence-corrected chi connectivity index (χ3v) is 15.8. The summed E-state index contributed by atoms with van der Waals surface area (Å²) in [6.45, 7) is 40.5. The lowest BCUT2D eigenvalue weighted by Crippen LogP contribution is -2.49. The molecule has 6 rings (SSSR count). The van der Waals surface area contributed by atoms with Gasteiger partial charge in [0.15, 0.2) is 0 Å². The molecule has 304 valence electrons. The summed E-state index contributed by atoms with van der Waals surface area (Å²) in [6.07, 6.45) is 17.2. The van der Waals surface area contributed by atoms with E-state index in [1.54, 1.807) is 0 Å². The van der Waals surface area contributed by atoms with Crippen LogP contribution in [0.1, 0.15) is 132 Å². The van der Waals surface area contributed by atoms with E-state index < -0.39 is 0 Å². The second-order valence-electron chi connectivity index (χ2n) is 20.2. The molecule has 6 aliphatic heterocycles. The number of piperidine rings is 6. The molecule has 0 atom stereocenters. The molecule has 0 N–H and O–H groups in total. The first kappa shape index (κ1) is 42.9. The van der Waals surface area contributed by atoms with Crippen molar-refractivity contribution in [3.8, 4) is 0 Å². The third-order valence-electron chi connectivity index (χ3n) is 15.8. The van der Waals surface area contributed by atoms with Gasteiger partial charge in [-0.25, -0.2) is 0 Å². The molecule has 0 spiro atoms. The Hall–Kier alpha value is -0.240. The normalized spacial score (nSPS) is 27.0. The Balaban J connectivity index is 0.000000201. The van der Waals surface area contributed by atoms with Crippen LogP contribution in [0.2, 0.25) is 0 Å². The first-order valence-corrected chi connectivity index (χ1v) is 23.4. The Morgan fingerprint density at radius 1 is 0.346 bits per heavy atom. The van der Waals surface area contributed by atoms with Crippen LogP contribution >= 0.6 is 0 Å². The minimum Gasteiger partial charge on any atom is -0.302 e. The monoisotopic (exact) mass is 727 g/mol. The molecule has 6 heteroatoms. The largest absolute Gasteiger partial charge is 0.302 e. The number of hydrogen-bond donors (Lipinski definition) is 0. The Morgan fingerprint density at radius 3 is 0.962 bits per heavy atom. The van der Waals surface area contributed by atoms with Crippen molar-refractivity contribution in [2.24, 2.45) is 47.3 Å². The molecule has 0 aromatic heterocycles. The van der Waals surface area contributed by atoms with Gasteiger partial charge < -0.3 is 29.4 Å². The van der Waals surface area contributed by atoms with Gasteiger partial charge in [-0.2, -0.15) is 0 Å². The molecular formula is C46H90N6. The quantitative estimate of drug-likeness (QED) is 0.200. The van der Waals surface area contributed by atoms with Gasteiger partial charge in [0.1, 0.15) is 0 Å². The fourth-order valence-electron chi connectivity index (χ4n) is 11.3. The molecule has 52 heavy (non-hydrogen) atoms. The van der Waals surface area contributed by atoms with Crippen molar-refractivity contribution in [3.63, 3.8) is 0 Å². The van der Waals surface area contributed by atoms with Gasteiger partial charge in [-0.15, -0.1) is 0 Å². The first-order chi connectivity index (χ1) is 25.0. The highest BCUT2D eigenvalue weighted by atomic mass is 15.2. The van der Waals surface area contributed by atoms with Gasteiger partial charge in [-0.3, -0.25) is 0 Å². The minimum atomic E-state index is 0.739. The zero-order valence-electron chi connectivity index (χ0n) is 36.3. The Bertz CT molecular complexity index is 845. The van der Waals surface area contributed by atoms with Crippen molar-refractivity contribution < 1.29 is 0 Å². The van der Waals surface area contributed by atoms with E-state index in [0.717, 1.165) is 59.4 Å². The average molecular weight is 727 g/mol. The first-order valence-electron chi connectivity index (χ1n) is 23.4. The van der Waals surface area contributed by atoms with Crippen LogP contribution in [0.5, 0.6) is 0 Å². The number of likely N-dealkylation sites (tertiary alicyclic amines) is 6. The summed E-state index contributed by atoms with van der Waals surface area (Å²) < 4.78 is 0. The van der Waals surface area contributed by atoms with Crippen LogP contribution in [0.4, 0.5) is 0 Å². The highest BCUT2D eigenvalue weighted by Gasteiger charge is 2.32. The molecule has 0 radical (unpaired) electrons. The van der Waals surface area contributed by atoms with E-state index in [2.05, 4.69) is 84.8 Å². The van der Waals surface area contributed by atoms with Crippen LogP contribution in [0, 0.1) is 47.3 Å². The lowest BCUT2D eigenvalue weighted by Gasteiger charge is -2.43. The summed E-state index contributed by atoms with van der Waals surface area (Å²) in [7, 11) is 0. The van der Waals surface area contributed by atoms with E-state index in [0.29, 0.717) is 0 Å². The maximum absolute atomic E-state index is 2.83. The standard InChI is InChI=1S/2C23H45N3/c1-19(2)21-5-11-24(12-6-21)17-18-25-13-9-23(10-14-25)26-15-7-22(8-16-26)20(3)4;1-19(2)21-5-11-24(12-6-21)17-18-25-13-7-22(8-14-25)23-9-15-26(16-10-23)20(3)4/h2*19-23H,5-18H2,1-4H3. The van der Waals surface area contributed by atoms with Crippen molar-refractivity contribution in [2.45, 2.75) is 145 Å². The van der Waals surface area contributed by atoms with E-state index in [4.69, 9.17) is 0 Å². The lowest BCUT2D eigenvalue weighted by atomic mass is 9.78. The molecule has 0 bridgehead atoms. The Kier molecular flexibility index (Phi) is 18.1. The lowest BCUT2D eigenvalue weighted by molar-refractivity contribution is 0.0630. The molecule has 0 aliphatic carbocycles. The molecule has 6 aliphatic rings. The summed E-state index contributed by atoms with van der Waals surface area (Å²) in [4.78, 5) is 16.5. The van der Waals surface area contributed by atoms with Gasteiger partial charge in [0, 0.05) is 38.3 Å². The van der Waals surface area contributed by atoms with Crippen molar-refractivity contribution in [1.82, 2.24) is 29.4 Å². The molecule has 0 amide bonds. The molecule has 6 heterocycles. The molecule has 6 saturated heterocycles. The molecular weight excluding hydrogens is 637 g/mol. The van der Waals surface area contributed by atoms with Crippen molar-refractivity contribution >= 4 is 0 Å². The zero-order valence-corrected chi connectivity index (χ0v) is 36.3. The fourth-order valence-corrected chi connectivity index (χ4v) is 11.3. The van der Waals surface area contributed by atoms with Crippen molar-refractivity contribution in [3.05, 3.63) is 0 Å². The zero-order chi connectivity index (χ0) is 37.0. The van der Waals surface area contributed by atoms with Crippen molar-refractivity contribution in [2.75, 3.05) is 105 Å². The minimum absolute atomic E-state index is 0.739. The van der Waals surface area contributed by atoms with E-state index in [-0.39, 0.29) is 0 Å². The average Bonchev–Trinajstić information content (AvgIpc) is 3.17. The van der Waals surface area contributed by atoms with E-state index in [1.165, 1.54) is 182 Å². The summed E-state index contributed by atoms with van der Waals surface area (Å²) in [6, 6.07) is 1.62. The smallest absolute Gasteiger partial charge is 0.0120 e. The SMILES string of the molecule is CC(C)C1CCN(CCN2CCC(C3CCN(C(C)C)CC3)CC2)CC1.CC(C)C1CCN(CCN2CCC(N3CCC(C(C)C)CC3)CC2)CC1. The van der Waals surface area contributed by atoms with Crippen LogP contribution in [0.3, 0.4) is 0 Å². The predicted molar refractivity (Wildman–Crippen MR) is 225 cm³/mol. The van der Waals surface area contributed by atoms with Crippen molar-refractivity contribution in [1.29, 1.82) is 0 Å². The van der Waals surface area contributed by atoms with E-state index >= 15 is 0 Å². The van der Waals surface area contributed by atoms with Crippen LogP contribution in [0.15, 0.2) is 0 Å². The highest BCUT2D eigenvalue weighted by Crippen LogP contribution is 2.33. The topological polar surface area (TPSA) is 19.4 Å². The summed E-state index contributed by atoms with van der Waals surface area (Å²) >= 11 is 0. The third kappa shape index (κ3) is 13.5.